The van der Waals surface area contributed by atoms with Crippen LogP contribution in [0.5, 0.6) is 5.75 Å². The summed E-state index contributed by atoms with van der Waals surface area (Å²) in [7, 11) is 1.60. The quantitative estimate of drug-likeness (QED) is 0.548. The minimum Gasteiger partial charge on any atom is -0.494 e. The van der Waals surface area contributed by atoms with Crippen LogP contribution in [-0.2, 0) is 9.53 Å². The van der Waals surface area contributed by atoms with E-state index < -0.39 is 5.60 Å². The van der Waals surface area contributed by atoms with Gasteiger partial charge in [-0.15, -0.1) is 0 Å². The number of carbonyl (C=O) groups is 1. The van der Waals surface area contributed by atoms with Crippen molar-refractivity contribution in [1.82, 2.24) is 4.90 Å². The molecule has 1 atom stereocenters. The summed E-state index contributed by atoms with van der Waals surface area (Å²) in [6, 6.07) is 7.60. The van der Waals surface area contributed by atoms with E-state index in [2.05, 4.69) is 17.1 Å². The minimum absolute atomic E-state index is 0.102. The van der Waals surface area contributed by atoms with Crippen LogP contribution in [0.2, 0.25) is 0 Å². The van der Waals surface area contributed by atoms with Crippen LogP contribution in [0.1, 0.15) is 65.2 Å². The fourth-order valence-corrected chi connectivity index (χ4v) is 3.56. The molecule has 1 amide bonds. The molecule has 1 N–H and O–H groups in total. The molecule has 0 radical (unpaired) electrons. The lowest BCUT2D eigenvalue weighted by Gasteiger charge is -2.26. The first-order valence-electron chi connectivity index (χ1n) is 10.9. The largest absolute Gasteiger partial charge is 0.494 e. The van der Waals surface area contributed by atoms with Crippen LogP contribution in [0.4, 0.5) is 5.69 Å². The van der Waals surface area contributed by atoms with Crippen molar-refractivity contribution in [2.75, 3.05) is 38.7 Å². The van der Waals surface area contributed by atoms with Gasteiger partial charge in [-0.05, 0) is 70.0 Å². The molecule has 0 unspecified atom stereocenters. The molecule has 1 aliphatic rings. The molecule has 0 aromatic heterocycles. The van der Waals surface area contributed by atoms with E-state index in [1.54, 1.807) is 7.11 Å². The van der Waals surface area contributed by atoms with Crippen LogP contribution in [0.3, 0.4) is 0 Å². The van der Waals surface area contributed by atoms with E-state index >= 15 is 0 Å². The maximum atomic E-state index is 12.6. The summed E-state index contributed by atoms with van der Waals surface area (Å²) in [5.41, 5.74) is -0.0277. The third-order valence-electron chi connectivity index (χ3n) is 5.64. The van der Waals surface area contributed by atoms with Gasteiger partial charge in [0.25, 0.3) is 5.91 Å². The number of likely N-dealkylation sites (tertiary alicyclic amines) is 1. The van der Waals surface area contributed by atoms with E-state index in [0.29, 0.717) is 6.42 Å². The highest BCUT2D eigenvalue weighted by molar-refractivity contribution is 5.97. The molecule has 5 nitrogen and oxygen atoms in total. The van der Waals surface area contributed by atoms with Crippen LogP contribution in [0.15, 0.2) is 24.3 Å². The van der Waals surface area contributed by atoms with Crippen molar-refractivity contribution in [2.24, 2.45) is 0 Å². The van der Waals surface area contributed by atoms with Gasteiger partial charge in [0, 0.05) is 19.3 Å². The number of hydrogen-bond donors (Lipinski definition) is 1. The van der Waals surface area contributed by atoms with Crippen molar-refractivity contribution in [3.8, 4) is 5.75 Å². The number of anilines is 1. The molecular formula is C23H38N2O3. The van der Waals surface area contributed by atoms with Crippen LogP contribution in [0.25, 0.3) is 0 Å². The molecular weight excluding hydrogens is 352 g/mol. The second-order valence-electron chi connectivity index (χ2n) is 7.97. The molecule has 158 valence electrons. The number of rotatable bonds is 11. The third kappa shape index (κ3) is 7.44. The first kappa shape index (κ1) is 22.7. The highest BCUT2D eigenvalue weighted by Crippen LogP contribution is 2.22. The Labute approximate surface area is 170 Å². The van der Waals surface area contributed by atoms with Gasteiger partial charge >= 0.3 is 0 Å². The Morgan fingerprint density at radius 2 is 1.79 bits per heavy atom. The lowest BCUT2D eigenvalue weighted by atomic mass is 9.97. The van der Waals surface area contributed by atoms with E-state index in [9.17, 15) is 4.79 Å². The SMILES string of the molecule is CCCC[C@](C)(OC)C(=O)Nc1ccc(OCCCN2CCCCCC2)cc1. The van der Waals surface area contributed by atoms with Crippen LogP contribution in [0, 0.1) is 0 Å². The number of benzene rings is 1. The molecule has 0 bridgehead atoms. The highest BCUT2D eigenvalue weighted by Gasteiger charge is 2.32. The molecule has 1 aromatic rings. The first-order valence-corrected chi connectivity index (χ1v) is 10.9. The Balaban J connectivity index is 1.74. The Kier molecular flexibility index (Phi) is 9.79. The molecule has 1 aliphatic heterocycles. The molecule has 5 heteroatoms. The third-order valence-corrected chi connectivity index (χ3v) is 5.64. The van der Waals surface area contributed by atoms with Gasteiger partial charge in [0.05, 0.1) is 6.61 Å². The number of nitrogens with zero attached hydrogens (tertiary/aromatic N) is 1. The van der Waals surface area contributed by atoms with Crippen molar-refractivity contribution in [3.63, 3.8) is 0 Å². The average Bonchev–Trinajstić information content (AvgIpc) is 2.99. The van der Waals surface area contributed by atoms with Crippen molar-refractivity contribution >= 4 is 11.6 Å². The van der Waals surface area contributed by atoms with Crippen LogP contribution >= 0.6 is 0 Å². The molecule has 1 heterocycles. The maximum absolute atomic E-state index is 12.6. The standard InChI is InChI=1S/C23H38N2O3/c1-4-5-15-23(2,27-3)22(26)24-20-11-13-21(14-12-20)28-19-10-18-25-16-8-6-7-9-17-25/h11-14H,4-10,15-19H2,1-3H3,(H,24,26)/t23-/m0/s1. The summed E-state index contributed by atoms with van der Waals surface area (Å²) in [5.74, 6) is 0.740. The molecule has 0 saturated carbocycles. The maximum Gasteiger partial charge on any atom is 0.256 e. The van der Waals surface area contributed by atoms with Gasteiger partial charge in [-0.2, -0.15) is 0 Å². The van der Waals surface area contributed by atoms with E-state index in [4.69, 9.17) is 9.47 Å². The van der Waals surface area contributed by atoms with E-state index in [0.717, 1.165) is 43.9 Å². The average molecular weight is 391 g/mol. The Morgan fingerprint density at radius 1 is 1.11 bits per heavy atom. The number of unbranched alkanes of at least 4 members (excludes halogenated alkanes) is 1. The Hall–Kier alpha value is -1.59. The van der Waals surface area contributed by atoms with Gasteiger partial charge in [0.15, 0.2) is 0 Å². The molecule has 0 spiro atoms. The summed E-state index contributed by atoms with van der Waals surface area (Å²) >= 11 is 0. The molecule has 0 aliphatic carbocycles. The van der Waals surface area contributed by atoms with Gasteiger partial charge in [-0.1, -0.05) is 32.6 Å². The minimum atomic E-state index is -0.793. The summed E-state index contributed by atoms with van der Waals surface area (Å²) in [4.78, 5) is 15.1. The lowest BCUT2D eigenvalue weighted by molar-refractivity contribution is -0.136. The zero-order chi connectivity index (χ0) is 20.2. The summed E-state index contributed by atoms with van der Waals surface area (Å²) in [6.07, 6.45) is 9.16. The van der Waals surface area contributed by atoms with Crippen molar-refractivity contribution in [1.29, 1.82) is 0 Å². The Morgan fingerprint density at radius 3 is 2.39 bits per heavy atom. The summed E-state index contributed by atoms with van der Waals surface area (Å²) in [5, 5.41) is 2.96. The predicted octanol–water partition coefficient (Wildman–Crippen LogP) is 4.87. The number of amides is 1. The zero-order valence-corrected chi connectivity index (χ0v) is 18.0. The summed E-state index contributed by atoms with van der Waals surface area (Å²) < 4.78 is 11.3. The number of ether oxygens (including phenoxy) is 2. The molecule has 1 aromatic carbocycles. The van der Waals surface area contributed by atoms with Gasteiger partial charge in [0.2, 0.25) is 0 Å². The van der Waals surface area contributed by atoms with Gasteiger partial charge < -0.3 is 19.7 Å². The monoisotopic (exact) mass is 390 g/mol. The topological polar surface area (TPSA) is 50.8 Å². The van der Waals surface area contributed by atoms with Gasteiger partial charge in [0.1, 0.15) is 11.4 Å². The van der Waals surface area contributed by atoms with Crippen molar-refractivity contribution < 1.29 is 14.3 Å². The smallest absolute Gasteiger partial charge is 0.256 e. The number of methoxy groups -OCH3 is 1. The van der Waals surface area contributed by atoms with Crippen LogP contribution < -0.4 is 10.1 Å². The zero-order valence-electron chi connectivity index (χ0n) is 18.0. The first-order chi connectivity index (χ1) is 13.6. The molecule has 1 fully saturated rings. The van der Waals surface area contributed by atoms with Crippen molar-refractivity contribution in [3.05, 3.63) is 24.3 Å². The fraction of sp³-hybridized carbons (Fsp3) is 0.696. The van der Waals surface area contributed by atoms with Crippen molar-refractivity contribution in [2.45, 2.75) is 70.8 Å². The molecule has 2 rings (SSSR count). The Bertz CT molecular complexity index is 568. The van der Waals surface area contributed by atoms with E-state index in [1.807, 2.05) is 31.2 Å². The van der Waals surface area contributed by atoms with E-state index in [1.165, 1.54) is 38.8 Å². The second kappa shape index (κ2) is 12.1. The highest BCUT2D eigenvalue weighted by atomic mass is 16.5. The predicted molar refractivity (Wildman–Crippen MR) is 115 cm³/mol. The van der Waals surface area contributed by atoms with Gasteiger partial charge in [-0.3, -0.25) is 4.79 Å². The molecule has 1 saturated heterocycles. The molecule has 28 heavy (non-hydrogen) atoms. The second-order valence-corrected chi connectivity index (χ2v) is 7.97. The van der Waals surface area contributed by atoms with Crippen LogP contribution in [-0.4, -0.2) is 49.8 Å². The number of carbonyl (C=O) groups excluding carboxylic acids is 1. The number of nitrogens with one attached hydrogen (secondary N) is 1. The van der Waals surface area contributed by atoms with Gasteiger partial charge in [-0.25, -0.2) is 0 Å². The lowest BCUT2D eigenvalue weighted by Crippen LogP contribution is -2.41. The normalized spacial score (nSPS) is 17.5. The fourth-order valence-electron chi connectivity index (χ4n) is 3.56. The number of hydrogen-bond acceptors (Lipinski definition) is 4. The summed E-state index contributed by atoms with van der Waals surface area (Å²) in [6.45, 7) is 8.25. The van der Waals surface area contributed by atoms with E-state index in [-0.39, 0.29) is 5.91 Å².